The molecule has 9 heteroatoms. The Hall–Kier alpha value is -2.71. The predicted molar refractivity (Wildman–Crippen MR) is 117 cm³/mol. The lowest BCUT2D eigenvalue weighted by Crippen LogP contribution is -2.49. The first-order valence-corrected chi connectivity index (χ1v) is 10.7. The molecule has 7 nitrogen and oxygen atoms in total. The zero-order valence-electron chi connectivity index (χ0n) is 15.9. The molecular formula is C21H19BrClN5O2. The lowest BCUT2D eigenvalue weighted by Gasteiger charge is -2.17. The highest BCUT2D eigenvalue weighted by atomic mass is 79.9. The van der Waals surface area contributed by atoms with Gasteiger partial charge in [-0.05, 0) is 52.9 Å². The van der Waals surface area contributed by atoms with Crippen LogP contribution in [0.4, 0.5) is 0 Å². The number of amides is 2. The fraction of sp³-hybridized carbons (Fsp3) is 0.238. The highest BCUT2D eigenvalue weighted by Crippen LogP contribution is 2.36. The third-order valence-electron chi connectivity index (χ3n) is 4.93. The number of hydrogen-bond donors (Lipinski definition) is 2. The number of hydrogen-bond acceptors (Lipinski definition) is 4. The van der Waals surface area contributed by atoms with Crippen molar-refractivity contribution < 1.29 is 9.59 Å². The first-order valence-electron chi connectivity index (χ1n) is 9.50. The predicted octanol–water partition coefficient (Wildman–Crippen LogP) is 3.30. The molecule has 3 aromatic rings. The van der Waals surface area contributed by atoms with Gasteiger partial charge in [-0.1, -0.05) is 41.9 Å². The lowest BCUT2D eigenvalue weighted by atomic mass is 10.1. The molecule has 2 heterocycles. The number of carbonyl (C=O) groups excluding carboxylic acids is 2. The van der Waals surface area contributed by atoms with Crippen LogP contribution in [0.2, 0.25) is 5.02 Å². The van der Waals surface area contributed by atoms with E-state index in [-0.39, 0.29) is 11.6 Å². The molecule has 30 heavy (non-hydrogen) atoms. The summed E-state index contributed by atoms with van der Waals surface area (Å²) in [7, 11) is 0. The van der Waals surface area contributed by atoms with Gasteiger partial charge in [0.15, 0.2) is 5.82 Å². The number of nitrogens with zero attached hydrogens (tertiary/aromatic N) is 3. The first-order chi connectivity index (χ1) is 14.5. The molecule has 1 aliphatic carbocycles. The maximum Gasteiger partial charge on any atom is 0.270 e. The standard InChI is InChI=1S/C21H19BrClN5O2/c22-17-13-16(28(27-17)18-15(23)7-4-11-24-18)19(29)26-21(9-10-21)20(30)25-12-8-14-5-2-1-3-6-14/h1-7,11,13H,8-10,12H2,(H,25,30)(H,26,29). The summed E-state index contributed by atoms with van der Waals surface area (Å²) >= 11 is 9.51. The third-order valence-corrected chi connectivity index (χ3v) is 5.61. The highest BCUT2D eigenvalue weighted by molar-refractivity contribution is 9.10. The summed E-state index contributed by atoms with van der Waals surface area (Å²) in [6.45, 7) is 0.507. The van der Waals surface area contributed by atoms with Gasteiger partial charge in [0, 0.05) is 18.8 Å². The number of benzene rings is 1. The summed E-state index contributed by atoms with van der Waals surface area (Å²) < 4.78 is 1.83. The van der Waals surface area contributed by atoms with Gasteiger partial charge in [-0.2, -0.15) is 5.10 Å². The monoisotopic (exact) mass is 487 g/mol. The highest BCUT2D eigenvalue weighted by Gasteiger charge is 2.51. The normalized spacial score (nSPS) is 14.2. The number of carbonyl (C=O) groups is 2. The van der Waals surface area contributed by atoms with E-state index in [4.69, 9.17) is 11.6 Å². The molecule has 2 amide bonds. The number of rotatable bonds is 7. The van der Waals surface area contributed by atoms with Gasteiger partial charge in [0.05, 0.1) is 5.02 Å². The molecule has 0 atom stereocenters. The minimum absolute atomic E-state index is 0.173. The van der Waals surface area contributed by atoms with Crippen molar-refractivity contribution in [2.45, 2.75) is 24.8 Å². The largest absolute Gasteiger partial charge is 0.354 e. The van der Waals surface area contributed by atoms with E-state index in [9.17, 15) is 9.59 Å². The molecule has 1 saturated carbocycles. The minimum Gasteiger partial charge on any atom is -0.354 e. The van der Waals surface area contributed by atoms with Gasteiger partial charge < -0.3 is 10.6 Å². The van der Waals surface area contributed by atoms with Gasteiger partial charge in [-0.15, -0.1) is 0 Å². The molecule has 0 radical (unpaired) electrons. The molecular weight excluding hydrogens is 470 g/mol. The molecule has 0 unspecified atom stereocenters. The molecule has 1 aliphatic rings. The van der Waals surface area contributed by atoms with Gasteiger partial charge in [-0.25, -0.2) is 9.67 Å². The van der Waals surface area contributed by atoms with E-state index in [0.29, 0.717) is 34.8 Å². The first kappa shape index (κ1) is 20.6. The number of aromatic nitrogens is 3. The average Bonchev–Trinajstić information content (AvgIpc) is 3.42. The summed E-state index contributed by atoms with van der Waals surface area (Å²) in [5, 5.41) is 10.4. The van der Waals surface area contributed by atoms with Crippen LogP contribution in [0.25, 0.3) is 5.82 Å². The summed E-state index contributed by atoms with van der Waals surface area (Å²) in [6.07, 6.45) is 3.49. The van der Waals surface area contributed by atoms with Crippen LogP contribution in [0.3, 0.4) is 0 Å². The molecule has 154 valence electrons. The SMILES string of the molecule is O=C(NC1(C(=O)NCCc2ccccc2)CC1)c1cc(Br)nn1-c1ncccc1Cl. The van der Waals surface area contributed by atoms with Crippen LogP contribution >= 0.6 is 27.5 Å². The van der Waals surface area contributed by atoms with E-state index in [0.717, 1.165) is 12.0 Å². The summed E-state index contributed by atoms with van der Waals surface area (Å²) in [6, 6.07) is 14.9. The average molecular weight is 489 g/mol. The molecule has 0 spiro atoms. The van der Waals surface area contributed by atoms with E-state index in [1.807, 2.05) is 30.3 Å². The molecule has 0 aliphatic heterocycles. The molecule has 2 aromatic heterocycles. The number of nitrogens with one attached hydrogen (secondary N) is 2. The van der Waals surface area contributed by atoms with Gasteiger partial charge in [0.25, 0.3) is 5.91 Å². The van der Waals surface area contributed by atoms with E-state index in [2.05, 4.69) is 36.6 Å². The Kier molecular flexibility index (Phi) is 5.87. The van der Waals surface area contributed by atoms with Gasteiger partial charge >= 0.3 is 0 Å². The Balaban J connectivity index is 1.44. The third kappa shape index (κ3) is 4.39. The molecule has 0 bridgehead atoms. The van der Waals surface area contributed by atoms with Crippen molar-refractivity contribution in [1.29, 1.82) is 0 Å². The van der Waals surface area contributed by atoms with Gasteiger partial charge in [-0.3, -0.25) is 9.59 Å². The van der Waals surface area contributed by atoms with Crippen molar-refractivity contribution in [2.24, 2.45) is 0 Å². The van der Waals surface area contributed by atoms with Crippen LogP contribution in [0, 0.1) is 0 Å². The van der Waals surface area contributed by atoms with Crippen LogP contribution in [-0.4, -0.2) is 38.7 Å². The second-order valence-corrected chi connectivity index (χ2v) is 8.32. The molecule has 2 N–H and O–H groups in total. The zero-order valence-corrected chi connectivity index (χ0v) is 18.3. The van der Waals surface area contributed by atoms with Crippen molar-refractivity contribution in [3.05, 3.63) is 75.6 Å². The summed E-state index contributed by atoms with van der Waals surface area (Å²) in [5.74, 6) is -0.245. The Bertz CT molecular complexity index is 1080. The van der Waals surface area contributed by atoms with Crippen molar-refractivity contribution in [2.75, 3.05) is 6.54 Å². The Labute approximate surface area is 187 Å². The fourth-order valence-electron chi connectivity index (χ4n) is 3.16. The van der Waals surface area contributed by atoms with Crippen molar-refractivity contribution in [1.82, 2.24) is 25.4 Å². The zero-order chi connectivity index (χ0) is 21.1. The smallest absolute Gasteiger partial charge is 0.270 e. The molecule has 1 aromatic carbocycles. The van der Waals surface area contributed by atoms with Crippen LogP contribution in [-0.2, 0) is 11.2 Å². The van der Waals surface area contributed by atoms with E-state index in [1.54, 1.807) is 24.4 Å². The minimum atomic E-state index is -0.886. The topological polar surface area (TPSA) is 88.9 Å². The van der Waals surface area contributed by atoms with Gasteiger partial charge in [0.2, 0.25) is 5.91 Å². The summed E-state index contributed by atoms with van der Waals surface area (Å²) in [4.78, 5) is 29.9. The van der Waals surface area contributed by atoms with Crippen LogP contribution < -0.4 is 10.6 Å². The Morgan fingerprint density at radius 1 is 1.17 bits per heavy atom. The van der Waals surface area contributed by atoms with Gasteiger partial charge in [0.1, 0.15) is 15.8 Å². The quantitative estimate of drug-likeness (QED) is 0.534. The van der Waals surface area contributed by atoms with Crippen LogP contribution in [0.15, 0.2) is 59.3 Å². The molecule has 4 rings (SSSR count). The second kappa shape index (κ2) is 8.57. The Morgan fingerprint density at radius 3 is 2.63 bits per heavy atom. The fourth-order valence-corrected chi connectivity index (χ4v) is 3.74. The van der Waals surface area contributed by atoms with E-state index < -0.39 is 11.4 Å². The van der Waals surface area contributed by atoms with Crippen LogP contribution in [0.1, 0.15) is 28.9 Å². The number of pyridine rings is 1. The van der Waals surface area contributed by atoms with E-state index in [1.165, 1.54) is 4.68 Å². The molecule has 1 fully saturated rings. The van der Waals surface area contributed by atoms with Crippen molar-refractivity contribution >= 4 is 39.3 Å². The lowest BCUT2D eigenvalue weighted by molar-refractivity contribution is -0.123. The van der Waals surface area contributed by atoms with Crippen LogP contribution in [0.5, 0.6) is 0 Å². The van der Waals surface area contributed by atoms with Crippen molar-refractivity contribution in [3.63, 3.8) is 0 Å². The second-order valence-electron chi connectivity index (χ2n) is 7.10. The number of halogens is 2. The summed E-state index contributed by atoms with van der Waals surface area (Å²) in [5.41, 5.74) is 0.502. The maximum atomic E-state index is 13.0. The van der Waals surface area contributed by atoms with E-state index >= 15 is 0 Å². The van der Waals surface area contributed by atoms with Crippen molar-refractivity contribution in [3.8, 4) is 5.82 Å². The molecule has 0 saturated heterocycles. The maximum absolute atomic E-state index is 13.0. The Morgan fingerprint density at radius 2 is 1.93 bits per heavy atom.